The van der Waals surface area contributed by atoms with E-state index in [1.54, 1.807) is 0 Å². The predicted octanol–water partition coefficient (Wildman–Crippen LogP) is 13.7. The van der Waals surface area contributed by atoms with Gasteiger partial charge in [0.2, 0.25) is 6.33 Å². The molecule has 4 nitrogen and oxygen atoms in total. The summed E-state index contributed by atoms with van der Waals surface area (Å²) in [6.07, 6.45) is 4.21. The van der Waals surface area contributed by atoms with Crippen LogP contribution in [0.4, 0.5) is 0 Å². The predicted molar refractivity (Wildman–Crippen MR) is 255 cm³/mol. The molecule has 11 rings (SSSR count). The average molecular weight is 798 g/mol. The van der Waals surface area contributed by atoms with Crippen LogP contribution in [-0.4, -0.2) is 14.1 Å². The molecule has 0 bridgehead atoms. The van der Waals surface area contributed by atoms with Crippen molar-refractivity contribution >= 4 is 32.8 Å². The fourth-order valence-electron chi connectivity index (χ4n) is 9.78. The number of hydrogen-bond acceptors (Lipinski definition) is 1. The Kier molecular flexibility index (Phi) is 9.20. The maximum absolute atomic E-state index is 5.12. The van der Waals surface area contributed by atoms with Crippen molar-refractivity contribution in [2.24, 2.45) is 0 Å². The highest BCUT2D eigenvalue weighted by Gasteiger charge is 2.39. The van der Waals surface area contributed by atoms with Crippen molar-refractivity contribution in [1.29, 1.82) is 0 Å². The molecule has 0 aliphatic rings. The van der Waals surface area contributed by atoms with Gasteiger partial charge in [-0.15, -0.1) is 0 Å². The average Bonchev–Trinajstić information content (AvgIpc) is 3.90. The van der Waals surface area contributed by atoms with Crippen molar-refractivity contribution < 1.29 is 4.57 Å². The normalized spacial score (nSPS) is 11.9. The number of hydrogen-bond donors (Lipinski definition) is 0. The second-order valence-electron chi connectivity index (χ2n) is 16.4. The van der Waals surface area contributed by atoms with Gasteiger partial charge in [0.1, 0.15) is 11.5 Å². The molecule has 0 fully saturated rings. The summed E-state index contributed by atoms with van der Waals surface area (Å²) < 4.78 is 7.06. The Bertz CT molecular complexity index is 3340. The first-order chi connectivity index (χ1) is 30.6. The smallest absolute Gasteiger partial charge is 0.250 e. The van der Waals surface area contributed by atoms with E-state index < -0.39 is 5.41 Å². The third-order valence-corrected chi connectivity index (χ3v) is 12.6. The van der Waals surface area contributed by atoms with Crippen LogP contribution < -0.4 is 4.57 Å². The monoisotopic (exact) mass is 797 g/mol. The summed E-state index contributed by atoms with van der Waals surface area (Å²) >= 11 is 0. The molecule has 0 aliphatic carbocycles. The molecule has 62 heavy (non-hydrogen) atoms. The van der Waals surface area contributed by atoms with Gasteiger partial charge < -0.3 is 0 Å². The number of pyridine rings is 1. The first-order valence-electron chi connectivity index (χ1n) is 21.5. The third-order valence-electron chi connectivity index (χ3n) is 12.6. The van der Waals surface area contributed by atoms with Crippen molar-refractivity contribution in [2.45, 2.75) is 25.3 Å². The van der Waals surface area contributed by atoms with Gasteiger partial charge in [-0.2, -0.15) is 4.57 Å². The molecule has 296 valence electrons. The molecule has 3 aromatic heterocycles. The Morgan fingerprint density at radius 3 is 1.76 bits per heavy atom. The Hall–Kier alpha value is -7.82. The zero-order valence-electron chi connectivity index (χ0n) is 34.8. The van der Waals surface area contributed by atoms with Gasteiger partial charge in [0, 0.05) is 17.0 Å². The van der Waals surface area contributed by atoms with Crippen LogP contribution in [-0.2, 0) is 5.41 Å². The minimum atomic E-state index is -0.686. The Balaban J connectivity index is 1.17. The third kappa shape index (κ3) is 6.06. The minimum absolute atomic E-state index is 0.310. The van der Waals surface area contributed by atoms with Gasteiger partial charge in [0.25, 0.3) is 0 Å². The van der Waals surface area contributed by atoms with E-state index >= 15 is 0 Å². The Morgan fingerprint density at radius 1 is 0.452 bits per heavy atom. The lowest BCUT2D eigenvalue weighted by Gasteiger charge is -2.37. The van der Waals surface area contributed by atoms with E-state index in [1.807, 2.05) is 6.20 Å². The number of rotatable bonds is 9. The maximum atomic E-state index is 5.12. The quantitative estimate of drug-likeness (QED) is 0.106. The molecular weight excluding hydrogens is 753 g/mol. The van der Waals surface area contributed by atoms with Gasteiger partial charge in [-0.05, 0) is 107 Å². The molecule has 0 saturated heterocycles. The van der Waals surface area contributed by atoms with Crippen LogP contribution in [0.15, 0.2) is 231 Å². The number of imidazole rings is 1. The topological polar surface area (TPSA) is 26.6 Å². The number of nitrogens with zero attached hydrogens (tertiary/aromatic N) is 4. The van der Waals surface area contributed by atoms with Gasteiger partial charge in [-0.1, -0.05) is 170 Å². The lowest BCUT2D eigenvalue weighted by atomic mass is 9.65. The van der Waals surface area contributed by atoms with Crippen molar-refractivity contribution in [3.63, 3.8) is 0 Å². The molecule has 0 atom stereocenters. The largest absolute Gasteiger partial charge is 0.294 e. The Morgan fingerprint density at radius 2 is 1.03 bits per heavy atom. The Labute approximate surface area is 362 Å². The molecule has 0 unspecified atom stereocenters. The first-order valence-corrected chi connectivity index (χ1v) is 21.5. The van der Waals surface area contributed by atoms with Gasteiger partial charge in [-0.25, -0.2) is 9.55 Å². The number of para-hydroxylation sites is 3. The van der Waals surface area contributed by atoms with Crippen LogP contribution in [0, 0.1) is 0 Å². The second kappa shape index (κ2) is 15.3. The van der Waals surface area contributed by atoms with Gasteiger partial charge >= 0.3 is 0 Å². The molecule has 0 amide bonds. The van der Waals surface area contributed by atoms with E-state index in [0.717, 1.165) is 28.1 Å². The van der Waals surface area contributed by atoms with Crippen LogP contribution in [0.3, 0.4) is 0 Å². The highest BCUT2D eigenvalue weighted by molar-refractivity contribution is 6.09. The van der Waals surface area contributed by atoms with Crippen LogP contribution in [0.25, 0.3) is 66.6 Å². The lowest BCUT2D eigenvalue weighted by molar-refractivity contribution is -0.691. The van der Waals surface area contributed by atoms with Crippen LogP contribution in [0.5, 0.6) is 0 Å². The van der Waals surface area contributed by atoms with E-state index in [2.05, 4.69) is 252 Å². The summed E-state index contributed by atoms with van der Waals surface area (Å²) in [6.45, 7) is 4.49. The SMILES string of the molecule is CC(C)[n+]1cn(-c2cccc(C(c3ccccc3)(c3ccccc3)c3ccc4c5ccccc5n(-c5cc(-c6ccccc6-c6ccccc6)ccn5)c4c3)c2)c2ccccc21. The van der Waals surface area contributed by atoms with Gasteiger partial charge in [-0.3, -0.25) is 4.57 Å². The molecule has 8 aromatic carbocycles. The molecule has 0 aliphatic heterocycles. The molecule has 0 radical (unpaired) electrons. The fraction of sp³-hybridized carbons (Fsp3) is 0.0690. The van der Waals surface area contributed by atoms with E-state index in [1.165, 1.54) is 60.8 Å². The lowest BCUT2D eigenvalue weighted by Crippen LogP contribution is -2.34. The second-order valence-corrected chi connectivity index (χ2v) is 16.4. The molecule has 4 heteroatoms. The van der Waals surface area contributed by atoms with Crippen molar-refractivity contribution in [1.82, 2.24) is 14.1 Å². The molecule has 0 saturated carbocycles. The molecule has 11 aromatic rings. The summed E-state index contributed by atoms with van der Waals surface area (Å²) in [5.74, 6) is 0.874. The number of fused-ring (bicyclic) bond motifs is 4. The zero-order valence-corrected chi connectivity index (χ0v) is 34.8. The summed E-state index contributed by atoms with van der Waals surface area (Å²) in [6, 6.07) is 79.7. The van der Waals surface area contributed by atoms with Gasteiger partial charge in [0.15, 0.2) is 11.0 Å². The van der Waals surface area contributed by atoms with Gasteiger partial charge in [0.05, 0.1) is 22.5 Å². The molecule has 0 spiro atoms. The van der Waals surface area contributed by atoms with Crippen LogP contribution in [0.1, 0.15) is 42.1 Å². The van der Waals surface area contributed by atoms with Crippen molar-refractivity contribution in [3.8, 4) is 33.8 Å². The standard InChI is InChI=1S/C58H45N4/c1-41(2)60-40-61(55-32-17-16-31-54(55)60)48-26-18-25-46(38-48)58(44-21-8-4-9-22-44,45-23-10-5-11-24-45)47-33-34-52-51-29-14-15-30-53(51)62(56(52)39-47)57-37-43(35-36-59-57)50-28-13-12-27-49(50)42-19-6-3-7-20-42/h3-41H,1-2H3/q+1. The van der Waals surface area contributed by atoms with Crippen molar-refractivity contribution in [2.75, 3.05) is 0 Å². The van der Waals surface area contributed by atoms with E-state index in [0.29, 0.717) is 6.04 Å². The van der Waals surface area contributed by atoms with Crippen LogP contribution >= 0.6 is 0 Å². The summed E-state index contributed by atoms with van der Waals surface area (Å²) in [4.78, 5) is 5.12. The molecule has 0 N–H and O–H groups in total. The highest BCUT2D eigenvalue weighted by Crippen LogP contribution is 2.47. The zero-order chi connectivity index (χ0) is 41.6. The summed E-state index contributed by atoms with van der Waals surface area (Å²) in [5, 5.41) is 2.37. The molecule has 3 heterocycles. The summed E-state index contributed by atoms with van der Waals surface area (Å²) in [7, 11) is 0. The maximum Gasteiger partial charge on any atom is 0.250 e. The van der Waals surface area contributed by atoms with E-state index in [-0.39, 0.29) is 0 Å². The highest BCUT2D eigenvalue weighted by atomic mass is 15.1. The summed E-state index contributed by atoms with van der Waals surface area (Å²) in [5.41, 5.74) is 14.4. The van der Waals surface area contributed by atoms with Crippen LogP contribution in [0.2, 0.25) is 0 Å². The fourth-order valence-corrected chi connectivity index (χ4v) is 9.78. The number of aromatic nitrogens is 4. The van der Waals surface area contributed by atoms with E-state index in [9.17, 15) is 0 Å². The van der Waals surface area contributed by atoms with Crippen molar-refractivity contribution in [3.05, 3.63) is 253 Å². The van der Waals surface area contributed by atoms with E-state index in [4.69, 9.17) is 4.98 Å². The number of benzene rings is 8. The first kappa shape index (κ1) is 37.2. The molecular formula is C58H45N4+. The minimum Gasteiger partial charge on any atom is -0.294 e.